The normalized spacial score (nSPS) is 18.9. The monoisotopic (exact) mass is 455 g/mol. The van der Waals surface area contributed by atoms with Crippen molar-refractivity contribution < 1.29 is 19.0 Å². The largest absolute Gasteiger partial charge is 0.493 e. The van der Waals surface area contributed by atoms with Crippen molar-refractivity contribution in [3.63, 3.8) is 0 Å². The first-order valence-electron chi connectivity index (χ1n) is 10.7. The summed E-state index contributed by atoms with van der Waals surface area (Å²) in [5.41, 5.74) is 1.09. The minimum atomic E-state index is -0.695. The van der Waals surface area contributed by atoms with Crippen molar-refractivity contribution in [3.05, 3.63) is 55.4 Å². The number of carbonyl (C=O) groups is 1. The van der Waals surface area contributed by atoms with E-state index >= 15 is 0 Å². The second kappa shape index (κ2) is 7.83. The van der Waals surface area contributed by atoms with Crippen LogP contribution in [0.3, 0.4) is 0 Å². The quantitative estimate of drug-likeness (QED) is 0.755. The number of anilines is 1. The van der Waals surface area contributed by atoms with E-state index in [-0.39, 0.29) is 11.2 Å². The van der Waals surface area contributed by atoms with Crippen LogP contribution in [0.4, 0.5) is 5.82 Å². The Hall–Kier alpha value is -3.49. The Labute approximate surface area is 191 Å². The molecular weight excluding hydrogens is 426 g/mol. The van der Waals surface area contributed by atoms with Gasteiger partial charge in [0.15, 0.2) is 17.3 Å². The summed E-state index contributed by atoms with van der Waals surface area (Å²) >= 11 is 0. The molecule has 0 radical (unpaired) electrons. The lowest BCUT2D eigenvalue weighted by Crippen LogP contribution is -2.45. The molecule has 176 valence electrons. The van der Waals surface area contributed by atoms with Gasteiger partial charge in [0.05, 0.1) is 26.9 Å². The van der Waals surface area contributed by atoms with E-state index in [1.54, 1.807) is 19.2 Å². The molecule has 1 aliphatic heterocycles. The molecule has 0 bridgehead atoms. The molecule has 0 spiro atoms. The zero-order valence-corrected chi connectivity index (χ0v) is 20.0. The van der Waals surface area contributed by atoms with Crippen LogP contribution in [0.1, 0.15) is 43.7 Å². The maximum atomic E-state index is 13.5. The van der Waals surface area contributed by atoms with Gasteiger partial charge in [-0.15, -0.1) is 0 Å². The van der Waals surface area contributed by atoms with Crippen molar-refractivity contribution >= 4 is 11.6 Å². The fourth-order valence-electron chi connectivity index (χ4n) is 4.95. The number of Topliss-reactive ketones (excluding diaryl/α,β-unsaturated/α-hetero) is 1. The summed E-state index contributed by atoms with van der Waals surface area (Å²) < 4.78 is 19.0. The molecule has 9 nitrogen and oxygen atoms in total. The molecule has 1 aromatic heterocycles. The summed E-state index contributed by atoms with van der Waals surface area (Å²) in [5, 5.41) is 3.26. The summed E-state index contributed by atoms with van der Waals surface area (Å²) in [4.78, 5) is 39.5. The Morgan fingerprint density at radius 2 is 1.55 bits per heavy atom. The van der Waals surface area contributed by atoms with Crippen molar-refractivity contribution in [1.29, 1.82) is 0 Å². The van der Waals surface area contributed by atoms with E-state index in [1.165, 1.54) is 32.9 Å². The van der Waals surface area contributed by atoms with E-state index in [0.29, 0.717) is 52.6 Å². The van der Waals surface area contributed by atoms with Crippen LogP contribution in [0.5, 0.6) is 17.2 Å². The number of carbonyl (C=O) groups excluding carboxylic acids is 1. The first kappa shape index (κ1) is 22.7. The minimum Gasteiger partial charge on any atom is -0.493 e. The van der Waals surface area contributed by atoms with Crippen molar-refractivity contribution in [2.24, 2.45) is 19.5 Å². The zero-order chi connectivity index (χ0) is 24.2. The fraction of sp³-hybridized carbons (Fsp3) is 0.458. The van der Waals surface area contributed by atoms with Crippen molar-refractivity contribution in [1.82, 2.24) is 9.13 Å². The number of methoxy groups -OCH3 is 3. The molecule has 1 N–H and O–H groups in total. The van der Waals surface area contributed by atoms with Gasteiger partial charge in [0, 0.05) is 37.7 Å². The molecule has 33 heavy (non-hydrogen) atoms. The van der Waals surface area contributed by atoms with Crippen LogP contribution >= 0.6 is 0 Å². The smallest absolute Gasteiger partial charge is 0.332 e. The lowest BCUT2D eigenvalue weighted by Gasteiger charge is -2.39. The summed E-state index contributed by atoms with van der Waals surface area (Å²) in [5.74, 6) is 0.912. The molecule has 0 saturated heterocycles. The number of ketones is 1. The zero-order valence-electron chi connectivity index (χ0n) is 20.0. The lowest BCUT2D eigenvalue weighted by molar-refractivity contribution is -0.118. The number of ether oxygens (including phenoxy) is 3. The van der Waals surface area contributed by atoms with Crippen LogP contribution in [0, 0.1) is 5.41 Å². The third kappa shape index (κ3) is 3.42. The van der Waals surface area contributed by atoms with Crippen LogP contribution < -0.4 is 30.8 Å². The number of rotatable bonds is 4. The van der Waals surface area contributed by atoms with Gasteiger partial charge in [-0.05, 0) is 29.5 Å². The highest BCUT2D eigenvalue weighted by Crippen LogP contribution is 2.50. The lowest BCUT2D eigenvalue weighted by atomic mass is 9.69. The van der Waals surface area contributed by atoms with Crippen LogP contribution in [0.15, 0.2) is 33.0 Å². The molecule has 2 aromatic rings. The van der Waals surface area contributed by atoms with Gasteiger partial charge in [-0.3, -0.25) is 18.7 Å². The fourth-order valence-corrected chi connectivity index (χ4v) is 4.95. The van der Waals surface area contributed by atoms with Crippen molar-refractivity contribution in [2.45, 2.75) is 32.6 Å². The molecule has 0 saturated carbocycles. The molecule has 1 aromatic carbocycles. The molecule has 0 unspecified atom stereocenters. The van der Waals surface area contributed by atoms with E-state index in [0.717, 1.165) is 10.3 Å². The molecule has 1 aliphatic carbocycles. The number of fused-ring (bicyclic) bond motifs is 1. The second-order valence-corrected chi connectivity index (χ2v) is 9.32. The summed E-state index contributed by atoms with van der Waals surface area (Å²) in [6, 6.07) is 3.51. The number of nitrogens with zero attached hydrogens (tertiary/aromatic N) is 2. The topological polar surface area (TPSA) is 101 Å². The van der Waals surface area contributed by atoms with Gasteiger partial charge in [-0.1, -0.05) is 13.8 Å². The van der Waals surface area contributed by atoms with Crippen LogP contribution in [-0.4, -0.2) is 36.2 Å². The van der Waals surface area contributed by atoms with Gasteiger partial charge >= 0.3 is 5.69 Å². The average molecular weight is 456 g/mol. The Morgan fingerprint density at radius 1 is 0.939 bits per heavy atom. The Balaban J connectivity index is 2.10. The Kier molecular flexibility index (Phi) is 5.38. The van der Waals surface area contributed by atoms with Gasteiger partial charge in [-0.25, -0.2) is 4.79 Å². The molecule has 0 amide bonds. The van der Waals surface area contributed by atoms with E-state index in [9.17, 15) is 14.4 Å². The average Bonchev–Trinajstić information content (AvgIpc) is 2.78. The van der Waals surface area contributed by atoms with Gasteiger partial charge in [0.1, 0.15) is 5.82 Å². The second-order valence-electron chi connectivity index (χ2n) is 9.32. The highest BCUT2D eigenvalue weighted by molar-refractivity contribution is 6.01. The minimum absolute atomic E-state index is 0.0333. The van der Waals surface area contributed by atoms with Gasteiger partial charge < -0.3 is 19.5 Å². The Bertz CT molecular complexity index is 1290. The number of hydrogen-bond acceptors (Lipinski definition) is 7. The van der Waals surface area contributed by atoms with Crippen LogP contribution in [-0.2, 0) is 18.9 Å². The Morgan fingerprint density at radius 3 is 2.09 bits per heavy atom. The molecular formula is C24H29N3O6. The number of nitrogens with one attached hydrogen (secondary N) is 1. The van der Waals surface area contributed by atoms with Crippen molar-refractivity contribution in [2.75, 3.05) is 26.6 Å². The molecule has 0 fully saturated rings. The number of benzene rings is 1. The summed E-state index contributed by atoms with van der Waals surface area (Å²) in [6.45, 7) is 4.06. The van der Waals surface area contributed by atoms with Crippen LogP contribution in [0.2, 0.25) is 0 Å². The predicted octanol–water partition coefficient (Wildman–Crippen LogP) is 2.31. The van der Waals surface area contributed by atoms with E-state index in [4.69, 9.17) is 14.2 Å². The maximum Gasteiger partial charge on any atom is 0.332 e. The third-order valence-electron chi connectivity index (χ3n) is 6.49. The molecule has 4 rings (SSSR count). The number of allylic oxidation sites excluding steroid dienone is 2. The number of aromatic nitrogens is 2. The number of hydrogen-bond donors (Lipinski definition) is 1. The summed E-state index contributed by atoms with van der Waals surface area (Å²) in [6.07, 6.45) is 0.966. The van der Waals surface area contributed by atoms with Crippen molar-refractivity contribution in [3.8, 4) is 17.2 Å². The van der Waals surface area contributed by atoms with Gasteiger partial charge in [0.25, 0.3) is 5.56 Å². The molecule has 9 heteroatoms. The highest BCUT2D eigenvalue weighted by atomic mass is 16.5. The third-order valence-corrected chi connectivity index (χ3v) is 6.49. The SMILES string of the molecule is COc1cc([C@H]2C3=C(CC(C)(C)CC3=O)Nc3c2c(=O)n(C)c(=O)n3C)cc(OC)c1OC. The first-order valence-corrected chi connectivity index (χ1v) is 10.7. The van der Waals surface area contributed by atoms with E-state index < -0.39 is 17.2 Å². The first-order chi connectivity index (χ1) is 15.5. The molecule has 1 atom stereocenters. The van der Waals surface area contributed by atoms with Gasteiger partial charge in [0.2, 0.25) is 5.75 Å². The van der Waals surface area contributed by atoms with Gasteiger partial charge in [-0.2, -0.15) is 0 Å². The highest BCUT2D eigenvalue weighted by Gasteiger charge is 2.43. The maximum absolute atomic E-state index is 13.5. The summed E-state index contributed by atoms with van der Waals surface area (Å²) in [7, 11) is 7.59. The molecule has 2 heterocycles. The van der Waals surface area contributed by atoms with Crippen LogP contribution in [0.25, 0.3) is 0 Å². The molecule has 2 aliphatic rings. The van der Waals surface area contributed by atoms with E-state index in [1.807, 2.05) is 13.8 Å². The standard InChI is InChI=1S/C24H29N3O6/c1-24(2)10-13-18(14(28)11-24)17(12-8-15(31-5)20(33-7)16(9-12)32-6)19-21(25-13)26(3)23(30)27(4)22(19)29/h8-9,17,25H,10-11H2,1-7H3/t17-/m0/s1. The predicted molar refractivity (Wildman–Crippen MR) is 124 cm³/mol. The van der Waals surface area contributed by atoms with E-state index in [2.05, 4.69) is 5.32 Å².